The maximum Gasteiger partial charge on any atom is 0.255 e. The molecule has 1 aromatic heterocycles. The molecule has 2 N–H and O–H groups in total. The summed E-state index contributed by atoms with van der Waals surface area (Å²) in [6, 6.07) is 9.32. The summed E-state index contributed by atoms with van der Waals surface area (Å²) in [7, 11) is 1.57. The Morgan fingerprint density at radius 2 is 2.00 bits per heavy atom. The summed E-state index contributed by atoms with van der Waals surface area (Å²) in [5.74, 6) is 0.814. The molecule has 1 aliphatic rings. The van der Waals surface area contributed by atoms with Crippen LogP contribution in [0.4, 0.5) is 0 Å². The quantitative estimate of drug-likeness (QED) is 0.867. The summed E-state index contributed by atoms with van der Waals surface area (Å²) in [5.41, 5.74) is 1.70. The first-order valence-corrected chi connectivity index (χ1v) is 9.27. The number of nitrogens with one attached hydrogen (secondary N) is 1. The van der Waals surface area contributed by atoms with Crippen molar-refractivity contribution in [2.24, 2.45) is 5.92 Å². The third kappa shape index (κ3) is 3.79. The van der Waals surface area contributed by atoms with Crippen LogP contribution in [0.5, 0.6) is 5.75 Å². The van der Waals surface area contributed by atoms with Crippen molar-refractivity contribution >= 4 is 17.2 Å². The van der Waals surface area contributed by atoms with E-state index in [-0.39, 0.29) is 18.1 Å². The Kier molecular flexibility index (Phi) is 5.53. The molecule has 0 bridgehead atoms. The molecule has 1 unspecified atom stereocenters. The van der Waals surface area contributed by atoms with Crippen LogP contribution < -0.4 is 10.1 Å². The number of aliphatic hydroxyl groups is 1. The topological polar surface area (TPSA) is 58.6 Å². The molecule has 0 spiro atoms. The van der Waals surface area contributed by atoms with Crippen LogP contribution in [0.25, 0.3) is 0 Å². The van der Waals surface area contributed by atoms with E-state index in [1.165, 1.54) is 0 Å². The summed E-state index contributed by atoms with van der Waals surface area (Å²) in [5, 5.41) is 17.1. The molecule has 1 atom stereocenters. The van der Waals surface area contributed by atoms with Crippen molar-refractivity contribution in [3.05, 3.63) is 52.2 Å². The standard InChI is InChI=1S/C19H23NO3S/c1-23-17-5-3-2-4-16(17)19(22)20-18(14-10-11-24-12-14)13-6-8-15(21)9-7-13/h2-5,10-13,15,18,21H,6-9H2,1H3,(H,20,22). The lowest BCUT2D eigenvalue weighted by atomic mass is 9.80. The number of benzene rings is 1. The van der Waals surface area contributed by atoms with E-state index >= 15 is 0 Å². The van der Waals surface area contributed by atoms with Gasteiger partial charge in [0.1, 0.15) is 5.75 Å². The predicted molar refractivity (Wildman–Crippen MR) is 95.5 cm³/mol. The number of carbonyl (C=O) groups excluding carboxylic acids is 1. The molecule has 4 nitrogen and oxygen atoms in total. The molecular formula is C19H23NO3S. The van der Waals surface area contributed by atoms with E-state index in [0.29, 0.717) is 17.2 Å². The lowest BCUT2D eigenvalue weighted by molar-refractivity contribution is 0.0829. The van der Waals surface area contributed by atoms with E-state index in [4.69, 9.17) is 4.74 Å². The zero-order valence-corrected chi connectivity index (χ0v) is 14.6. The molecular weight excluding hydrogens is 322 g/mol. The highest BCUT2D eigenvalue weighted by atomic mass is 32.1. The highest BCUT2D eigenvalue weighted by molar-refractivity contribution is 7.08. The maximum absolute atomic E-state index is 12.8. The Labute approximate surface area is 146 Å². The molecule has 5 heteroatoms. The second-order valence-corrected chi connectivity index (χ2v) is 7.06. The molecule has 1 fully saturated rings. The van der Waals surface area contributed by atoms with Gasteiger partial charge >= 0.3 is 0 Å². The molecule has 2 aromatic rings. The van der Waals surface area contributed by atoms with Crippen LogP contribution in [0.2, 0.25) is 0 Å². The van der Waals surface area contributed by atoms with Crippen LogP contribution in [-0.2, 0) is 0 Å². The molecule has 1 heterocycles. The van der Waals surface area contributed by atoms with Crippen LogP contribution in [0.1, 0.15) is 47.6 Å². The van der Waals surface area contributed by atoms with Crippen molar-refractivity contribution in [1.29, 1.82) is 0 Å². The fourth-order valence-corrected chi connectivity index (χ4v) is 4.11. The van der Waals surface area contributed by atoms with E-state index in [0.717, 1.165) is 31.2 Å². The number of aliphatic hydroxyl groups excluding tert-OH is 1. The van der Waals surface area contributed by atoms with E-state index in [1.807, 2.05) is 17.5 Å². The van der Waals surface area contributed by atoms with E-state index in [2.05, 4.69) is 16.8 Å². The van der Waals surface area contributed by atoms with E-state index < -0.39 is 0 Å². The van der Waals surface area contributed by atoms with Crippen LogP contribution >= 0.6 is 11.3 Å². The van der Waals surface area contributed by atoms with Crippen molar-refractivity contribution in [1.82, 2.24) is 5.32 Å². The minimum Gasteiger partial charge on any atom is -0.496 e. The van der Waals surface area contributed by atoms with Gasteiger partial charge in [-0.1, -0.05) is 12.1 Å². The van der Waals surface area contributed by atoms with Crippen molar-refractivity contribution in [3.8, 4) is 5.75 Å². The third-order valence-corrected chi connectivity index (χ3v) is 5.45. The second kappa shape index (κ2) is 7.81. The number of rotatable bonds is 5. The number of carbonyl (C=O) groups is 1. The summed E-state index contributed by atoms with van der Waals surface area (Å²) in [6.07, 6.45) is 3.25. The number of thiophene rings is 1. The molecule has 1 aliphatic carbocycles. The molecule has 0 radical (unpaired) electrons. The Balaban J connectivity index is 1.80. The third-order valence-electron chi connectivity index (χ3n) is 4.75. The van der Waals surface area contributed by atoms with Gasteiger partial charge in [0, 0.05) is 0 Å². The second-order valence-electron chi connectivity index (χ2n) is 6.28. The zero-order valence-electron chi connectivity index (χ0n) is 13.8. The fraction of sp³-hybridized carbons (Fsp3) is 0.421. The predicted octanol–water partition coefficient (Wildman–Crippen LogP) is 3.78. The van der Waals surface area contributed by atoms with Gasteiger partial charge in [-0.2, -0.15) is 11.3 Å². The van der Waals surface area contributed by atoms with Gasteiger partial charge in [-0.25, -0.2) is 0 Å². The van der Waals surface area contributed by atoms with Gasteiger partial charge in [-0.05, 0) is 66.1 Å². The number of methoxy groups -OCH3 is 1. The maximum atomic E-state index is 12.8. The van der Waals surface area contributed by atoms with Gasteiger partial charge in [0.15, 0.2) is 0 Å². The summed E-state index contributed by atoms with van der Waals surface area (Å²) < 4.78 is 5.31. The van der Waals surface area contributed by atoms with E-state index in [9.17, 15) is 9.90 Å². The molecule has 24 heavy (non-hydrogen) atoms. The fourth-order valence-electron chi connectivity index (χ4n) is 3.41. The minimum atomic E-state index is -0.200. The summed E-state index contributed by atoms with van der Waals surface area (Å²) in [6.45, 7) is 0. The molecule has 3 rings (SSSR count). The first kappa shape index (κ1) is 17.0. The molecule has 1 saturated carbocycles. The molecule has 0 aliphatic heterocycles. The number of amides is 1. The van der Waals surface area contributed by atoms with Gasteiger partial charge in [-0.3, -0.25) is 4.79 Å². The normalized spacial score (nSPS) is 21.9. The van der Waals surface area contributed by atoms with Crippen LogP contribution in [-0.4, -0.2) is 24.2 Å². The first-order valence-electron chi connectivity index (χ1n) is 8.33. The highest BCUT2D eigenvalue weighted by Crippen LogP contribution is 2.36. The monoisotopic (exact) mass is 345 g/mol. The Bertz CT molecular complexity index is 663. The SMILES string of the molecule is COc1ccccc1C(=O)NC(c1ccsc1)C1CCC(O)CC1. The Morgan fingerprint density at radius 1 is 1.25 bits per heavy atom. The number of para-hydroxylation sites is 1. The molecule has 1 amide bonds. The first-order chi connectivity index (χ1) is 11.7. The van der Waals surface area contributed by atoms with Gasteiger partial charge in [0.05, 0.1) is 24.8 Å². The average Bonchev–Trinajstić information content (AvgIpc) is 3.14. The van der Waals surface area contributed by atoms with Gasteiger partial charge in [-0.15, -0.1) is 0 Å². The van der Waals surface area contributed by atoms with Crippen LogP contribution in [0.15, 0.2) is 41.1 Å². The van der Waals surface area contributed by atoms with Crippen molar-refractivity contribution in [3.63, 3.8) is 0 Å². The zero-order chi connectivity index (χ0) is 16.9. The minimum absolute atomic E-state index is 0.0267. The lowest BCUT2D eigenvalue weighted by Gasteiger charge is -2.32. The Hall–Kier alpha value is -1.85. The number of hydrogen-bond acceptors (Lipinski definition) is 4. The number of ether oxygens (including phenoxy) is 1. The highest BCUT2D eigenvalue weighted by Gasteiger charge is 2.30. The Morgan fingerprint density at radius 3 is 2.67 bits per heavy atom. The largest absolute Gasteiger partial charge is 0.496 e. The molecule has 1 aromatic carbocycles. The average molecular weight is 345 g/mol. The van der Waals surface area contributed by atoms with Crippen LogP contribution in [0.3, 0.4) is 0 Å². The van der Waals surface area contributed by atoms with Gasteiger partial charge < -0.3 is 15.2 Å². The smallest absolute Gasteiger partial charge is 0.255 e. The van der Waals surface area contributed by atoms with Gasteiger partial charge in [0.2, 0.25) is 0 Å². The number of hydrogen-bond donors (Lipinski definition) is 2. The van der Waals surface area contributed by atoms with Crippen LogP contribution in [0, 0.1) is 5.92 Å². The summed E-state index contributed by atoms with van der Waals surface area (Å²) in [4.78, 5) is 12.8. The lowest BCUT2D eigenvalue weighted by Crippen LogP contribution is -2.35. The molecule has 0 saturated heterocycles. The summed E-state index contributed by atoms with van der Waals surface area (Å²) >= 11 is 1.64. The van der Waals surface area contributed by atoms with Crippen molar-refractivity contribution in [2.45, 2.75) is 37.8 Å². The van der Waals surface area contributed by atoms with Gasteiger partial charge in [0.25, 0.3) is 5.91 Å². The van der Waals surface area contributed by atoms with Crippen molar-refractivity contribution < 1.29 is 14.6 Å². The van der Waals surface area contributed by atoms with E-state index in [1.54, 1.807) is 30.6 Å². The van der Waals surface area contributed by atoms with Crippen molar-refractivity contribution in [2.75, 3.05) is 7.11 Å². The molecule has 128 valence electrons.